The van der Waals surface area contributed by atoms with Crippen LogP contribution in [0.3, 0.4) is 0 Å². The zero-order valence-corrected chi connectivity index (χ0v) is 13.3. The van der Waals surface area contributed by atoms with Crippen LogP contribution in [-0.4, -0.2) is 23.4 Å². The van der Waals surface area contributed by atoms with Gasteiger partial charge in [-0.3, -0.25) is 0 Å². The van der Waals surface area contributed by atoms with Crippen LogP contribution in [-0.2, 0) is 11.8 Å². The van der Waals surface area contributed by atoms with Crippen LogP contribution in [0.4, 0.5) is 0 Å². The molecule has 0 radical (unpaired) electrons. The molecule has 5 heteroatoms. The molecule has 102 valence electrons. The predicted molar refractivity (Wildman–Crippen MR) is 83.0 cm³/mol. The van der Waals surface area contributed by atoms with E-state index in [1.807, 2.05) is 29.6 Å². The summed E-state index contributed by atoms with van der Waals surface area (Å²) in [4.78, 5) is 1.09. The monoisotopic (exact) mass is 360 g/mol. The summed E-state index contributed by atoms with van der Waals surface area (Å²) in [5.74, 6) is 0. The molecule has 0 aliphatic carbocycles. The number of aliphatic hydroxyl groups is 2. The van der Waals surface area contributed by atoms with Gasteiger partial charge < -0.3 is 10.2 Å². The van der Waals surface area contributed by atoms with Crippen molar-refractivity contribution in [2.75, 3.05) is 13.2 Å². The predicted octanol–water partition coefficient (Wildman–Crippen LogP) is 3.63. The maximum absolute atomic E-state index is 9.80. The molecule has 0 saturated carbocycles. The lowest BCUT2D eigenvalue weighted by atomic mass is 9.78. The lowest BCUT2D eigenvalue weighted by molar-refractivity contribution is 0.117. The summed E-state index contributed by atoms with van der Waals surface area (Å²) >= 11 is 11.2. The molecular weight excluding hydrogens is 348 g/mol. The zero-order valence-electron chi connectivity index (χ0n) is 10.1. The highest BCUT2D eigenvalue weighted by Gasteiger charge is 2.33. The van der Waals surface area contributed by atoms with Gasteiger partial charge in [-0.15, -0.1) is 11.3 Å². The first-order chi connectivity index (χ1) is 9.11. The first-order valence-electron chi connectivity index (χ1n) is 5.81. The van der Waals surface area contributed by atoms with E-state index >= 15 is 0 Å². The van der Waals surface area contributed by atoms with Crippen LogP contribution in [0.1, 0.15) is 10.4 Å². The quantitative estimate of drug-likeness (QED) is 0.854. The number of halogens is 2. The van der Waals surface area contributed by atoms with Crippen molar-refractivity contribution >= 4 is 38.9 Å². The van der Waals surface area contributed by atoms with E-state index in [-0.39, 0.29) is 13.2 Å². The molecule has 0 bridgehead atoms. The third-order valence-corrected chi connectivity index (χ3v) is 5.21. The second kappa shape index (κ2) is 6.37. The molecule has 1 aromatic carbocycles. The summed E-state index contributed by atoms with van der Waals surface area (Å²) in [7, 11) is 0. The van der Waals surface area contributed by atoms with E-state index in [1.165, 1.54) is 0 Å². The van der Waals surface area contributed by atoms with Gasteiger partial charge >= 0.3 is 0 Å². The van der Waals surface area contributed by atoms with Crippen molar-refractivity contribution in [3.8, 4) is 0 Å². The minimum Gasteiger partial charge on any atom is -0.395 e. The van der Waals surface area contributed by atoms with E-state index < -0.39 is 5.41 Å². The molecule has 0 aliphatic heterocycles. The van der Waals surface area contributed by atoms with Gasteiger partial charge in [0.1, 0.15) is 0 Å². The molecular formula is C14H14BrClO2S. The highest BCUT2D eigenvalue weighted by Crippen LogP contribution is 2.35. The Bertz CT molecular complexity index is 552. The van der Waals surface area contributed by atoms with Crippen LogP contribution < -0.4 is 0 Å². The van der Waals surface area contributed by atoms with Crippen molar-refractivity contribution in [3.05, 3.63) is 55.6 Å². The molecule has 2 N–H and O–H groups in total. The summed E-state index contributed by atoms with van der Waals surface area (Å²) in [5.41, 5.74) is 0.0361. The van der Waals surface area contributed by atoms with Gasteiger partial charge in [0.05, 0.1) is 13.2 Å². The van der Waals surface area contributed by atoms with Crippen molar-refractivity contribution in [1.29, 1.82) is 0 Å². The van der Waals surface area contributed by atoms with Crippen molar-refractivity contribution in [2.24, 2.45) is 0 Å². The summed E-state index contributed by atoms with van der Waals surface area (Å²) in [6.45, 7) is -0.300. The molecule has 0 amide bonds. The average Bonchev–Trinajstić information content (AvgIpc) is 2.82. The largest absolute Gasteiger partial charge is 0.395 e. The number of aliphatic hydroxyl groups excluding tert-OH is 2. The number of hydrogen-bond acceptors (Lipinski definition) is 3. The summed E-state index contributed by atoms with van der Waals surface area (Å²) in [6.07, 6.45) is 0.556. The maximum atomic E-state index is 9.80. The van der Waals surface area contributed by atoms with Crippen molar-refractivity contribution in [2.45, 2.75) is 11.8 Å². The number of benzene rings is 1. The Balaban J connectivity index is 2.40. The van der Waals surface area contributed by atoms with Crippen molar-refractivity contribution < 1.29 is 10.2 Å². The Morgan fingerprint density at radius 3 is 2.42 bits per heavy atom. The molecule has 19 heavy (non-hydrogen) atoms. The van der Waals surface area contributed by atoms with Crippen LogP contribution in [0.25, 0.3) is 0 Å². The molecule has 0 unspecified atom stereocenters. The molecule has 0 fully saturated rings. The Morgan fingerprint density at radius 2 is 1.89 bits per heavy atom. The van der Waals surface area contributed by atoms with Crippen LogP contribution in [0.5, 0.6) is 0 Å². The van der Waals surface area contributed by atoms with E-state index in [0.29, 0.717) is 11.4 Å². The highest BCUT2D eigenvalue weighted by molar-refractivity contribution is 9.10. The zero-order chi connectivity index (χ0) is 13.9. The molecule has 0 spiro atoms. The van der Waals surface area contributed by atoms with Gasteiger partial charge in [0.2, 0.25) is 0 Å². The Kier molecular flexibility index (Phi) is 5.03. The van der Waals surface area contributed by atoms with Gasteiger partial charge in [-0.25, -0.2) is 0 Å². The standard InChI is InChI=1S/C14H14BrClO2S/c15-10-5-11(19-7-10)6-14(8-17,9-18)12-3-1-2-4-13(12)16/h1-5,7,17-18H,6,8-9H2. The molecule has 2 rings (SSSR count). The number of hydrogen-bond donors (Lipinski definition) is 2. The fourth-order valence-electron chi connectivity index (χ4n) is 2.10. The minimum absolute atomic E-state index is 0.150. The van der Waals surface area contributed by atoms with Crippen LogP contribution in [0.15, 0.2) is 40.2 Å². The smallest absolute Gasteiger partial charge is 0.0554 e. The molecule has 0 saturated heterocycles. The number of rotatable bonds is 5. The lowest BCUT2D eigenvalue weighted by Crippen LogP contribution is -2.37. The fourth-order valence-corrected chi connectivity index (χ4v) is 4.03. The normalized spacial score (nSPS) is 11.8. The Hall–Kier alpha value is -0.390. The van der Waals surface area contributed by atoms with Crippen LogP contribution in [0.2, 0.25) is 5.02 Å². The third-order valence-electron chi connectivity index (χ3n) is 3.18. The molecule has 2 nitrogen and oxygen atoms in total. The maximum Gasteiger partial charge on any atom is 0.0554 e. The number of thiophene rings is 1. The van der Waals surface area contributed by atoms with E-state index in [4.69, 9.17) is 11.6 Å². The topological polar surface area (TPSA) is 40.5 Å². The third kappa shape index (κ3) is 3.20. The minimum atomic E-state index is -0.747. The van der Waals surface area contributed by atoms with Crippen LogP contribution in [0, 0.1) is 0 Å². The molecule has 0 aliphatic rings. The van der Waals surface area contributed by atoms with Gasteiger partial charge in [0.25, 0.3) is 0 Å². The highest BCUT2D eigenvalue weighted by atomic mass is 79.9. The first-order valence-corrected chi connectivity index (χ1v) is 7.86. The Labute approximate surface area is 129 Å². The second-order valence-corrected chi connectivity index (χ2v) is 6.80. The van der Waals surface area contributed by atoms with E-state index in [0.717, 1.165) is 14.9 Å². The first kappa shape index (κ1) is 15.0. The van der Waals surface area contributed by atoms with Gasteiger partial charge in [-0.2, -0.15) is 0 Å². The summed E-state index contributed by atoms with van der Waals surface area (Å²) < 4.78 is 1.01. The van der Waals surface area contributed by atoms with Crippen molar-refractivity contribution in [3.63, 3.8) is 0 Å². The second-order valence-electron chi connectivity index (χ2n) is 4.48. The molecule has 1 heterocycles. The van der Waals surface area contributed by atoms with Crippen LogP contribution >= 0.6 is 38.9 Å². The van der Waals surface area contributed by atoms with E-state index in [9.17, 15) is 10.2 Å². The molecule has 1 aromatic heterocycles. The summed E-state index contributed by atoms with van der Waals surface area (Å²) in [5, 5.41) is 22.2. The lowest BCUT2D eigenvalue weighted by Gasteiger charge is -2.30. The van der Waals surface area contributed by atoms with Gasteiger partial charge in [-0.1, -0.05) is 29.8 Å². The van der Waals surface area contributed by atoms with E-state index in [2.05, 4.69) is 15.9 Å². The van der Waals surface area contributed by atoms with Gasteiger partial charge in [-0.05, 0) is 40.0 Å². The molecule has 2 aromatic rings. The summed E-state index contributed by atoms with van der Waals surface area (Å²) in [6, 6.07) is 9.35. The van der Waals surface area contributed by atoms with Gasteiger partial charge in [0.15, 0.2) is 0 Å². The van der Waals surface area contributed by atoms with Crippen molar-refractivity contribution in [1.82, 2.24) is 0 Å². The average molecular weight is 362 g/mol. The van der Waals surface area contributed by atoms with Gasteiger partial charge in [0, 0.05) is 25.2 Å². The van der Waals surface area contributed by atoms with E-state index in [1.54, 1.807) is 17.4 Å². The fraction of sp³-hybridized carbons (Fsp3) is 0.286. The Morgan fingerprint density at radius 1 is 1.21 bits per heavy atom. The molecule has 0 atom stereocenters. The SMILES string of the molecule is OCC(CO)(Cc1cc(Br)cs1)c1ccccc1Cl.